The van der Waals surface area contributed by atoms with E-state index in [9.17, 15) is 9.59 Å². The molecule has 138 valence electrons. The first-order valence-corrected chi connectivity index (χ1v) is 8.81. The van der Waals surface area contributed by atoms with Crippen LogP contribution < -0.4 is 14.4 Å². The van der Waals surface area contributed by atoms with Crippen molar-refractivity contribution in [1.29, 1.82) is 0 Å². The molecule has 5 heteroatoms. The third kappa shape index (κ3) is 2.46. The first-order valence-electron chi connectivity index (χ1n) is 8.81. The first kappa shape index (κ1) is 17.3. The third-order valence-corrected chi connectivity index (χ3v) is 5.08. The predicted octanol–water partition coefficient (Wildman–Crippen LogP) is 3.80. The highest BCUT2D eigenvalue weighted by atomic mass is 16.5. The molecule has 5 nitrogen and oxygen atoms in total. The molecule has 0 aliphatic carbocycles. The number of fused-ring (bicyclic) bond motifs is 2. The van der Waals surface area contributed by atoms with Crippen LogP contribution in [0.4, 0.5) is 5.69 Å². The molecule has 0 aromatic heterocycles. The van der Waals surface area contributed by atoms with Crippen LogP contribution in [-0.4, -0.2) is 26.0 Å². The van der Waals surface area contributed by atoms with Crippen LogP contribution in [0.25, 0.3) is 11.1 Å². The van der Waals surface area contributed by atoms with E-state index >= 15 is 0 Å². The van der Waals surface area contributed by atoms with Gasteiger partial charge < -0.3 is 14.4 Å². The number of rotatable bonds is 1. The Morgan fingerprint density at radius 1 is 1.00 bits per heavy atom. The average Bonchev–Trinajstić information content (AvgIpc) is 3.07. The zero-order chi connectivity index (χ0) is 19.5. The molecule has 27 heavy (non-hydrogen) atoms. The van der Waals surface area contributed by atoms with E-state index in [1.54, 1.807) is 25.1 Å². The Balaban J connectivity index is 2.06. The molecule has 4 rings (SSSR count). The van der Waals surface area contributed by atoms with Crippen LogP contribution in [0.15, 0.2) is 36.4 Å². The fourth-order valence-electron chi connectivity index (χ4n) is 3.67. The van der Waals surface area contributed by atoms with Crippen molar-refractivity contribution >= 4 is 28.7 Å². The first-order chi connectivity index (χ1) is 12.7. The number of likely N-dealkylation sites (N-methyl/N-ethyl adjacent to an activating group) is 1. The normalized spacial score (nSPS) is 18.5. The summed E-state index contributed by atoms with van der Waals surface area (Å²) >= 11 is 0. The van der Waals surface area contributed by atoms with Crippen molar-refractivity contribution in [3.8, 4) is 11.5 Å². The van der Waals surface area contributed by atoms with Crippen molar-refractivity contribution in [1.82, 2.24) is 0 Å². The van der Waals surface area contributed by atoms with Crippen LogP contribution in [-0.2, 0) is 15.0 Å². The Kier molecular flexibility index (Phi) is 3.67. The lowest BCUT2D eigenvalue weighted by Gasteiger charge is -2.22. The number of anilines is 1. The van der Waals surface area contributed by atoms with Gasteiger partial charge in [0.1, 0.15) is 11.5 Å². The van der Waals surface area contributed by atoms with Gasteiger partial charge in [0.05, 0.1) is 23.9 Å². The fourth-order valence-corrected chi connectivity index (χ4v) is 3.67. The molecule has 0 atom stereocenters. The lowest BCUT2D eigenvalue weighted by Crippen LogP contribution is -2.21. The predicted molar refractivity (Wildman–Crippen MR) is 104 cm³/mol. The summed E-state index contributed by atoms with van der Waals surface area (Å²) in [6, 6.07) is 11.1. The molecule has 0 saturated carbocycles. The van der Waals surface area contributed by atoms with Crippen LogP contribution >= 0.6 is 0 Å². The molecule has 2 aliphatic rings. The third-order valence-electron chi connectivity index (χ3n) is 5.08. The van der Waals surface area contributed by atoms with E-state index in [-0.39, 0.29) is 11.3 Å². The standard InChI is InChI=1S/C22H21NO4/c1-22(2,3)15-11-12(26-5)10-14-18(21(25)27-19(14)15)17-13-8-6-7-9-16(13)23(4)20(17)24/h6-11H,1-5H3. The molecule has 2 aliphatic heterocycles. The quantitative estimate of drug-likeness (QED) is 0.439. The highest BCUT2D eigenvalue weighted by Gasteiger charge is 2.41. The minimum absolute atomic E-state index is 0.212. The van der Waals surface area contributed by atoms with Crippen LogP contribution in [0, 0.1) is 0 Å². The summed E-state index contributed by atoms with van der Waals surface area (Å²) in [5.41, 5.74) is 3.43. The Morgan fingerprint density at radius 3 is 2.37 bits per heavy atom. The number of methoxy groups -OCH3 is 1. The van der Waals surface area contributed by atoms with Crippen LogP contribution in [0.3, 0.4) is 0 Å². The Morgan fingerprint density at radius 2 is 1.70 bits per heavy atom. The van der Waals surface area contributed by atoms with Crippen molar-refractivity contribution in [2.24, 2.45) is 0 Å². The Bertz CT molecular complexity index is 1030. The van der Waals surface area contributed by atoms with Gasteiger partial charge in [-0.15, -0.1) is 0 Å². The second-order valence-corrected chi connectivity index (χ2v) is 7.82. The number of ether oxygens (including phenoxy) is 2. The van der Waals surface area contributed by atoms with Crippen LogP contribution in [0.2, 0.25) is 0 Å². The number of benzene rings is 2. The van der Waals surface area contributed by atoms with E-state index in [4.69, 9.17) is 9.47 Å². The number of hydrogen-bond acceptors (Lipinski definition) is 4. The minimum atomic E-state index is -0.503. The van der Waals surface area contributed by atoms with E-state index in [0.29, 0.717) is 28.2 Å². The zero-order valence-electron chi connectivity index (χ0n) is 16.0. The second kappa shape index (κ2) is 5.71. The molecule has 0 radical (unpaired) electrons. The lowest BCUT2D eigenvalue weighted by atomic mass is 9.84. The summed E-state index contributed by atoms with van der Waals surface area (Å²) in [7, 11) is 3.30. The lowest BCUT2D eigenvalue weighted by molar-refractivity contribution is -0.127. The maximum absolute atomic E-state index is 13.0. The Hall–Kier alpha value is -3.08. The minimum Gasteiger partial charge on any atom is -0.497 e. The molecule has 0 N–H and O–H groups in total. The van der Waals surface area contributed by atoms with Gasteiger partial charge in [-0.1, -0.05) is 39.0 Å². The molecule has 2 heterocycles. The summed E-state index contributed by atoms with van der Waals surface area (Å²) in [6.45, 7) is 6.14. The second-order valence-electron chi connectivity index (χ2n) is 7.82. The largest absolute Gasteiger partial charge is 0.497 e. The molecular weight excluding hydrogens is 342 g/mol. The number of para-hydroxylation sites is 1. The maximum atomic E-state index is 13.0. The molecule has 2 aromatic rings. The number of carbonyl (C=O) groups excluding carboxylic acids is 2. The number of esters is 1. The van der Waals surface area contributed by atoms with Crippen LogP contribution in [0.1, 0.15) is 37.5 Å². The van der Waals surface area contributed by atoms with E-state index in [1.165, 1.54) is 0 Å². The summed E-state index contributed by atoms with van der Waals surface area (Å²) in [4.78, 5) is 27.4. The molecule has 2 aromatic carbocycles. The van der Waals surface area contributed by atoms with Gasteiger partial charge in [-0.25, -0.2) is 4.79 Å². The van der Waals surface area contributed by atoms with Gasteiger partial charge in [-0.05, 0) is 23.6 Å². The van der Waals surface area contributed by atoms with Crippen LogP contribution in [0.5, 0.6) is 11.5 Å². The SMILES string of the molecule is COc1cc2c(c(C(C)(C)C)c1)OC(=O)C2=C1C(=O)N(C)c2ccccc21. The molecular formula is C22H21NO4. The van der Waals surface area contributed by atoms with Gasteiger partial charge in [-0.3, -0.25) is 4.79 Å². The van der Waals surface area contributed by atoms with Crippen molar-refractivity contribution in [2.75, 3.05) is 19.1 Å². The summed E-state index contributed by atoms with van der Waals surface area (Å²) in [5.74, 6) is 0.422. The van der Waals surface area contributed by atoms with Crippen molar-refractivity contribution < 1.29 is 19.1 Å². The highest BCUT2D eigenvalue weighted by Crippen LogP contribution is 2.49. The zero-order valence-corrected chi connectivity index (χ0v) is 16.0. The van der Waals surface area contributed by atoms with E-state index in [2.05, 4.69) is 0 Å². The number of nitrogens with zero attached hydrogens (tertiary/aromatic N) is 1. The monoisotopic (exact) mass is 363 g/mol. The molecule has 0 fully saturated rings. The molecule has 0 unspecified atom stereocenters. The van der Waals surface area contributed by atoms with Crippen molar-refractivity contribution in [3.05, 3.63) is 53.1 Å². The maximum Gasteiger partial charge on any atom is 0.345 e. The van der Waals surface area contributed by atoms with Gasteiger partial charge in [0.15, 0.2) is 0 Å². The van der Waals surface area contributed by atoms with E-state index in [1.807, 2.05) is 51.1 Å². The number of amides is 1. The number of carbonyl (C=O) groups is 2. The summed E-state index contributed by atoms with van der Waals surface area (Å²) in [5, 5.41) is 0. The van der Waals surface area contributed by atoms with Gasteiger partial charge in [0.2, 0.25) is 0 Å². The van der Waals surface area contributed by atoms with Gasteiger partial charge in [0.25, 0.3) is 5.91 Å². The average molecular weight is 363 g/mol. The summed E-state index contributed by atoms with van der Waals surface area (Å²) in [6.07, 6.45) is 0. The molecule has 0 spiro atoms. The fraction of sp³-hybridized carbons (Fsp3) is 0.273. The number of hydrogen-bond donors (Lipinski definition) is 0. The van der Waals surface area contributed by atoms with E-state index < -0.39 is 5.97 Å². The summed E-state index contributed by atoms with van der Waals surface area (Å²) < 4.78 is 11.1. The topological polar surface area (TPSA) is 55.8 Å². The molecule has 0 bridgehead atoms. The smallest absolute Gasteiger partial charge is 0.345 e. The van der Waals surface area contributed by atoms with Gasteiger partial charge >= 0.3 is 5.97 Å². The van der Waals surface area contributed by atoms with E-state index in [0.717, 1.165) is 16.8 Å². The van der Waals surface area contributed by atoms with Crippen molar-refractivity contribution in [2.45, 2.75) is 26.2 Å². The Labute approximate surface area is 158 Å². The molecule has 1 amide bonds. The van der Waals surface area contributed by atoms with Gasteiger partial charge in [-0.2, -0.15) is 0 Å². The highest BCUT2D eigenvalue weighted by molar-refractivity contribution is 6.46. The molecule has 0 saturated heterocycles. The van der Waals surface area contributed by atoms with Gasteiger partial charge in [0, 0.05) is 23.7 Å². The van der Waals surface area contributed by atoms with Crippen molar-refractivity contribution in [3.63, 3.8) is 0 Å².